The monoisotopic (exact) mass is 298 g/mol. The molecule has 0 bridgehead atoms. The van der Waals surface area contributed by atoms with Crippen LogP contribution in [-0.4, -0.2) is 29.7 Å². The largest absolute Gasteiger partial charge is 0.507 e. The summed E-state index contributed by atoms with van der Waals surface area (Å²) >= 11 is 5.88. The van der Waals surface area contributed by atoms with Crippen LogP contribution in [0.15, 0.2) is 29.6 Å². The Morgan fingerprint density at radius 2 is 1.95 bits per heavy atom. The van der Waals surface area contributed by atoms with E-state index < -0.39 is 9.84 Å². The molecule has 0 unspecified atom stereocenters. The Hall–Kier alpha value is -1.66. The van der Waals surface area contributed by atoms with Crippen molar-refractivity contribution in [2.24, 2.45) is 0 Å². The average molecular weight is 299 g/mol. The molecule has 0 aliphatic rings. The van der Waals surface area contributed by atoms with Gasteiger partial charge in [0, 0.05) is 28.6 Å². The van der Waals surface area contributed by atoms with E-state index in [2.05, 4.69) is 9.97 Å². The maximum atomic E-state index is 11.4. The lowest BCUT2D eigenvalue weighted by Crippen LogP contribution is -2.05. The van der Waals surface area contributed by atoms with Gasteiger partial charge in [-0.15, -0.1) is 0 Å². The van der Waals surface area contributed by atoms with Crippen LogP contribution in [-0.2, 0) is 9.84 Å². The second-order valence-corrected chi connectivity index (χ2v) is 6.43. The van der Waals surface area contributed by atoms with Gasteiger partial charge < -0.3 is 5.11 Å². The first-order chi connectivity index (χ1) is 8.79. The summed E-state index contributed by atoms with van der Waals surface area (Å²) < 4.78 is 22.7. The summed E-state index contributed by atoms with van der Waals surface area (Å²) in [6.07, 6.45) is 2.41. The molecule has 0 spiro atoms. The lowest BCUT2D eigenvalue weighted by molar-refractivity contribution is 0.477. The van der Waals surface area contributed by atoms with Gasteiger partial charge in [0.1, 0.15) is 5.75 Å². The maximum absolute atomic E-state index is 11.4. The van der Waals surface area contributed by atoms with Crippen molar-refractivity contribution in [2.75, 3.05) is 6.26 Å². The summed E-state index contributed by atoms with van der Waals surface area (Å²) in [5.41, 5.74) is 1.45. The Morgan fingerprint density at radius 1 is 1.26 bits per heavy atom. The van der Waals surface area contributed by atoms with Crippen LogP contribution in [0.5, 0.6) is 5.75 Å². The molecule has 0 amide bonds. The van der Waals surface area contributed by atoms with E-state index in [-0.39, 0.29) is 10.9 Å². The first-order valence-corrected chi connectivity index (χ1v) is 7.58. The number of phenols is 1. The Morgan fingerprint density at radius 3 is 2.53 bits per heavy atom. The highest BCUT2D eigenvalue weighted by molar-refractivity contribution is 7.90. The van der Waals surface area contributed by atoms with Gasteiger partial charge in [-0.25, -0.2) is 18.4 Å². The highest BCUT2D eigenvalue weighted by Crippen LogP contribution is 2.32. The molecule has 1 aromatic heterocycles. The third-order valence-electron chi connectivity index (χ3n) is 2.54. The van der Waals surface area contributed by atoms with Crippen molar-refractivity contribution in [1.29, 1.82) is 0 Å². The number of nitrogens with zero attached hydrogens (tertiary/aromatic N) is 2. The molecule has 100 valence electrons. The molecule has 2 rings (SSSR count). The van der Waals surface area contributed by atoms with Gasteiger partial charge in [-0.1, -0.05) is 11.6 Å². The number of sulfone groups is 1. The number of rotatable bonds is 2. The summed E-state index contributed by atoms with van der Waals surface area (Å²) in [6.45, 7) is 1.64. The van der Waals surface area contributed by atoms with Crippen LogP contribution in [0, 0.1) is 6.92 Å². The highest BCUT2D eigenvalue weighted by Gasteiger charge is 2.15. The van der Waals surface area contributed by atoms with Crippen molar-refractivity contribution in [3.63, 3.8) is 0 Å². The predicted molar refractivity (Wildman–Crippen MR) is 72.0 cm³/mol. The number of phenolic OH excluding ortho intramolecular Hbond substituents is 1. The molecule has 7 heteroatoms. The van der Waals surface area contributed by atoms with Crippen LogP contribution >= 0.6 is 11.6 Å². The topological polar surface area (TPSA) is 80.2 Å². The van der Waals surface area contributed by atoms with E-state index in [1.807, 2.05) is 0 Å². The zero-order valence-corrected chi connectivity index (χ0v) is 11.8. The second kappa shape index (κ2) is 4.79. The average Bonchev–Trinajstić information content (AvgIpc) is 2.31. The number of hydrogen-bond acceptors (Lipinski definition) is 5. The van der Waals surface area contributed by atoms with Crippen LogP contribution in [0.3, 0.4) is 0 Å². The zero-order valence-electron chi connectivity index (χ0n) is 10.3. The molecule has 0 aliphatic heterocycles. The molecule has 19 heavy (non-hydrogen) atoms. The molecule has 1 N–H and O–H groups in total. The molecule has 0 saturated heterocycles. The normalized spacial score (nSPS) is 11.5. The third-order valence-corrected chi connectivity index (χ3v) is 3.63. The van der Waals surface area contributed by atoms with E-state index in [0.29, 0.717) is 21.8 Å². The number of aromatic hydroxyl groups is 1. The molecule has 0 radical (unpaired) electrons. The van der Waals surface area contributed by atoms with E-state index >= 15 is 0 Å². The van der Waals surface area contributed by atoms with Crippen molar-refractivity contribution >= 4 is 21.4 Å². The summed E-state index contributed by atoms with van der Waals surface area (Å²) in [5.74, 6) is 0.0307. The van der Waals surface area contributed by atoms with Crippen LogP contribution in [0.25, 0.3) is 11.1 Å². The molecule has 1 heterocycles. The van der Waals surface area contributed by atoms with Crippen molar-refractivity contribution < 1.29 is 13.5 Å². The maximum Gasteiger partial charge on any atom is 0.247 e. The quantitative estimate of drug-likeness (QED) is 0.860. The van der Waals surface area contributed by atoms with Crippen molar-refractivity contribution in [3.05, 3.63) is 35.1 Å². The number of halogens is 1. The van der Waals surface area contributed by atoms with E-state index in [1.165, 1.54) is 12.3 Å². The van der Waals surface area contributed by atoms with Crippen molar-refractivity contribution in [2.45, 2.75) is 12.1 Å². The van der Waals surface area contributed by atoms with Crippen molar-refractivity contribution in [3.8, 4) is 16.9 Å². The van der Waals surface area contributed by atoms with Crippen LogP contribution in [0.1, 0.15) is 5.69 Å². The molecular weight excluding hydrogens is 288 g/mol. The Balaban J connectivity index is 2.62. The lowest BCUT2D eigenvalue weighted by Gasteiger charge is -2.08. The Labute approximate surface area is 115 Å². The fraction of sp³-hybridized carbons (Fsp3) is 0.167. The second-order valence-electron chi connectivity index (χ2n) is 4.09. The third kappa shape index (κ3) is 2.85. The smallest absolute Gasteiger partial charge is 0.247 e. The minimum atomic E-state index is -3.45. The van der Waals surface area contributed by atoms with Crippen LogP contribution in [0.4, 0.5) is 0 Å². The Bertz CT molecular complexity index is 745. The predicted octanol–water partition coefficient (Wildman–Crippen LogP) is 2.21. The van der Waals surface area contributed by atoms with E-state index in [4.69, 9.17) is 11.6 Å². The molecule has 5 nitrogen and oxygen atoms in total. The summed E-state index contributed by atoms with van der Waals surface area (Å²) in [4.78, 5) is 7.74. The minimum absolute atomic E-state index is 0.0307. The van der Waals surface area contributed by atoms with E-state index in [9.17, 15) is 13.5 Å². The highest BCUT2D eigenvalue weighted by atomic mass is 35.5. The van der Waals surface area contributed by atoms with Gasteiger partial charge in [-0.2, -0.15) is 0 Å². The summed E-state index contributed by atoms with van der Waals surface area (Å²) in [5, 5.41) is 10.0. The first kappa shape index (κ1) is 13.8. The standard InChI is InChI=1S/C12H11ClN2O3S/c1-7-10(6-14-12(15-7)19(2,17)18)9-5-8(13)3-4-11(9)16/h3-6,16H,1-2H3. The van der Waals surface area contributed by atoms with Gasteiger partial charge in [0.25, 0.3) is 0 Å². The number of benzene rings is 1. The summed E-state index contributed by atoms with van der Waals surface area (Å²) in [6, 6.07) is 4.59. The number of aromatic nitrogens is 2. The molecule has 1 aromatic carbocycles. The van der Waals surface area contributed by atoms with Gasteiger partial charge in [0.05, 0.1) is 5.69 Å². The minimum Gasteiger partial charge on any atom is -0.507 e. The number of aryl methyl sites for hydroxylation is 1. The van der Waals surface area contributed by atoms with Gasteiger partial charge in [-0.3, -0.25) is 0 Å². The fourth-order valence-electron chi connectivity index (χ4n) is 1.61. The van der Waals surface area contributed by atoms with Gasteiger partial charge in [-0.05, 0) is 25.1 Å². The van der Waals surface area contributed by atoms with Crippen molar-refractivity contribution in [1.82, 2.24) is 9.97 Å². The first-order valence-electron chi connectivity index (χ1n) is 5.31. The molecule has 0 atom stereocenters. The summed E-state index contributed by atoms with van der Waals surface area (Å²) in [7, 11) is -3.45. The molecule has 0 aliphatic carbocycles. The molecule has 2 aromatic rings. The van der Waals surface area contributed by atoms with Crippen LogP contribution in [0.2, 0.25) is 5.02 Å². The lowest BCUT2D eigenvalue weighted by atomic mass is 10.1. The van der Waals surface area contributed by atoms with Crippen LogP contribution < -0.4 is 0 Å². The number of hydrogen-bond donors (Lipinski definition) is 1. The van der Waals surface area contributed by atoms with E-state index in [1.54, 1.807) is 19.1 Å². The molecule has 0 saturated carbocycles. The van der Waals surface area contributed by atoms with Gasteiger partial charge >= 0.3 is 0 Å². The Kier molecular flexibility index (Phi) is 3.47. The van der Waals surface area contributed by atoms with Gasteiger partial charge in [0.2, 0.25) is 15.0 Å². The van der Waals surface area contributed by atoms with E-state index in [0.717, 1.165) is 6.26 Å². The van der Waals surface area contributed by atoms with Gasteiger partial charge in [0.15, 0.2) is 0 Å². The zero-order chi connectivity index (χ0) is 14.2. The molecule has 0 fully saturated rings. The fourth-order valence-corrected chi connectivity index (χ4v) is 2.33. The molecular formula is C12H11ClN2O3S. The SMILES string of the molecule is Cc1nc(S(C)(=O)=O)ncc1-c1cc(Cl)ccc1O.